The number of carbonyl (C=O) groups is 2. The second-order valence-electron chi connectivity index (χ2n) is 8.03. The molecule has 2 N–H and O–H groups in total. The fourth-order valence-corrected chi connectivity index (χ4v) is 3.22. The van der Waals surface area contributed by atoms with Gasteiger partial charge in [0.1, 0.15) is 23.5 Å². The van der Waals surface area contributed by atoms with Crippen molar-refractivity contribution in [3.8, 4) is 17.2 Å². The van der Waals surface area contributed by atoms with E-state index in [1.54, 1.807) is 13.8 Å². The molecule has 1 aromatic carbocycles. The van der Waals surface area contributed by atoms with E-state index in [4.69, 9.17) is 14.2 Å². The molecule has 1 amide bonds. The Morgan fingerprint density at radius 2 is 1.74 bits per heavy atom. The molecule has 8 nitrogen and oxygen atoms in total. The van der Waals surface area contributed by atoms with Gasteiger partial charge in [-0.15, -0.1) is 0 Å². The molecule has 0 spiro atoms. The predicted molar refractivity (Wildman–Crippen MR) is 115 cm³/mol. The minimum atomic E-state index is -0.983. The van der Waals surface area contributed by atoms with Crippen molar-refractivity contribution < 1.29 is 28.9 Å². The number of rotatable bonds is 9. The normalized spacial score (nSPS) is 13.3. The van der Waals surface area contributed by atoms with E-state index in [1.165, 1.54) is 26.3 Å². The highest BCUT2D eigenvalue weighted by Crippen LogP contribution is 2.29. The SMILES string of the molecule is COc1ccnc(C(=O)N[C@H](C)C(=O)OC(C)(C)C(Oc2ccccc2)C(C)C)c1O. The smallest absolute Gasteiger partial charge is 0.329 e. The third-order valence-corrected chi connectivity index (χ3v) is 4.68. The first-order valence-corrected chi connectivity index (χ1v) is 10.0. The number of nitrogens with one attached hydrogen (secondary N) is 1. The number of pyridine rings is 1. The molecule has 168 valence electrons. The number of nitrogens with zero attached hydrogens (tertiary/aromatic N) is 1. The highest BCUT2D eigenvalue weighted by Gasteiger charge is 2.39. The van der Waals surface area contributed by atoms with Gasteiger partial charge in [-0.05, 0) is 38.8 Å². The fraction of sp³-hybridized carbons (Fsp3) is 0.435. The Morgan fingerprint density at radius 1 is 1.10 bits per heavy atom. The van der Waals surface area contributed by atoms with Crippen molar-refractivity contribution in [1.82, 2.24) is 10.3 Å². The molecule has 0 radical (unpaired) electrons. The van der Waals surface area contributed by atoms with Crippen LogP contribution in [0.25, 0.3) is 0 Å². The van der Waals surface area contributed by atoms with E-state index in [1.807, 2.05) is 44.2 Å². The summed E-state index contributed by atoms with van der Waals surface area (Å²) in [6.07, 6.45) is 0.902. The van der Waals surface area contributed by atoms with E-state index in [9.17, 15) is 14.7 Å². The number of hydrogen-bond donors (Lipinski definition) is 2. The zero-order valence-electron chi connectivity index (χ0n) is 18.7. The lowest BCUT2D eigenvalue weighted by Crippen LogP contribution is -2.51. The van der Waals surface area contributed by atoms with E-state index in [0.29, 0.717) is 5.75 Å². The fourth-order valence-electron chi connectivity index (χ4n) is 3.22. The number of benzene rings is 1. The van der Waals surface area contributed by atoms with Crippen LogP contribution in [-0.2, 0) is 9.53 Å². The maximum atomic E-state index is 12.7. The molecule has 0 saturated carbocycles. The van der Waals surface area contributed by atoms with Crippen molar-refractivity contribution in [2.45, 2.75) is 52.4 Å². The van der Waals surface area contributed by atoms with Crippen LogP contribution in [0.3, 0.4) is 0 Å². The Hall–Kier alpha value is -3.29. The first kappa shape index (κ1) is 24.0. The molecule has 2 atom stereocenters. The monoisotopic (exact) mass is 430 g/mol. The molecule has 0 saturated heterocycles. The molecule has 0 aliphatic heterocycles. The number of esters is 1. The van der Waals surface area contributed by atoms with Crippen LogP contribution in [0.15, 0.2) is 42.6 Å². The highest BCUT2D eigenvalue weighted by atomic mass is 16.6. The van der Waals surface area contributed by atoms with Crippen LogP contribution >= 0.6 is 0 Å². The third kappa shape index (κ3) is 6.10. The van der Waals surface area contributed by atoms with Crippen LogP contribution in [0.4, 0.5) is 0 Å². The van der Waals surface area contributed by atoms with Crippen LogP contribution in [0.2, 0.25) is 0 Å². The number of aromatic nitrogens is 1. The average Bonchev–Trinajstić information content (AvgIpc) is 2.72. The predicted octanol–water partition coefficient (Wildman–Crippen LogP) is 3.34. The summed E-state index contributed by atoms with van der Waals surface area (Å²) in [7, 11) is 1.36. The van der Waals surface area contributed by atoms with Gasteiger partial charge in [0.05, 0.1) is 7.11 Å². The lowest BCUT2D eigenvalue weighted by molar-refractivity contribution is -0.170. The van der Waals surface area contributed by atoms with Gasteiger partial charge in [-0.2, -0.15) is 0 Å². The second kappa shape index (κ2) is 10.1. The minimum Gasteiger partial charge on any atom is -0.503 e. The summed E-state index contributed by atoms with van der Waals surface area (Å²) in [6.45, 7) is 8.98. The number of ether oxygens (including phenoxy) is 3. The number of carbonyl (C=O) groups excluding carboxylic acids is 2. The standard InChI is InChI=1S/C23H30N2O6/c1-14(2)20(30-16-10-8-7-9-11-16)23(4,5)31-22(28)15(3)25-21(27)18-19(26)17(29-6)12-13-24-18/h7-15,20,26H,1-6H3,(H,25,27)/t15-,20?/m1/s1. The van der Waals surface area contributed by atoms with Gasteiger partial charge in [0.2, 0.25) is 0 Å². The Labute approximate surface area is 182 Å². The highest BCUT2D eigenvalue weighted by molar-refractivity contribution is 5.97. The van der Waals surface area contributed by atoms with E-state index >= 15 is 0 Å². The summed E-state index contributed by atoms with van der Waals surface area (Å²) in [6, 6.07) is 9.74. The lowest BCUT2D eigenvalue weighted by Gasteiger charge is -2.37. The number of para-hydroxylation sites is 1. The largest absolute Gasteiger partial charge is 0.503 e. The molecule has 0 aliphatic carbocycles. The average molecular weight is 431 g/mol. The van der Waals surface area contributed by atoms with Gasteiger partial charge < -0.3 is 24.6 Å². The van der Waals surface area contributed by atoms with Crippen LogP contribution in [0.1, 0.15) is 45.1 Å². The van der Waals surface area contributed by atoms with Crippen LogP contribution < -0.4 is 14.8 Å². The molecule has 0 bridgehead atoms. The van der Waals surface area contributed by atoms with E-state index in [0.717, 1.165) is 0 Å². The summed E-state index contributed by atoms with van der Waals surface area (Å²) < 4.78 is 16.8. The Bertz CT molecular complexity index is 898. The number of aromatic hydroxyl groups is 1. The zero-order chi connectivity index (χ0) is 23.2. The van der Waals surface area contributed by atoms with Crippen LogP contribution in [0.5, 0.6) is 17.2 Å². The van der Waals surface area contributed by atoms with Gasteiger partial charge in [-0.25, -0.2) is 9.78 Å². The Morgan fingerprint density at radius 3 is 2.32 bits per heavy atom. The van der Waals surface area contributed by atoms with E-state index in [2.05, 4.69) is 10.3 Å². The zero-order valence-corrected chi connectivity index (χ0v) is 18.7. The number of methoxy groups -OCH3 is 1. The van der Waals surface area contributed by atoms with E-state index in [-0.39, 0.29) is 17.4 Å². The van der Waals surface area contributed by atoms with Crippen LogP contribution in [0, 0.1) is 5.92 Å². The van der Waals surface area contributed by atoms with Gasteiger partial charge in [0.15, 0.2) is 17.2 Å². The van der Waals surface area contributed by atoms with Gasteiger partial charge in [-0.1, -0.05) is 32.0 Å². The molecule has 1 aromatic heterocycles. The third-order valence-electron chi connectivity index (χ3n) is 4.68. The first-order valence-electron chi connectivity index (χ1n) is 10.0. The van der Waals surface area contributed by atoms with Crippen molar-refractivity contribution in [2.75, 3.05) is 7.11 Å². The second-order valence-corrected chi connectivity index (χ2v) is 8.03. The molecule has 1 unspecified atom stereocenters. The Kier molecular flexibility index (Phi) is 7.85. The van der Waals surface area contributed by atoms with Crippen molar-refractivity contribution in [1.29, 1.82) is 0 Å². The maximum absolute atomic E-state index is 12.7. The molecule has 1 heterocycles. The molecule has 8 heteroatoms. The van der Waals surface area contributed by atoms with Crippen molar-refractivity contribution in [3.05, 3.63) is 48.3 Å². The van der Waals surface area contributed by atoms with Gasteiger partial charge >= 0.3 is 5.97 Å². The Balaban J connectivity index is 2.08. The lowest BCUT2D eigenvalue weighted by atomic mass is 9.91. The molecule has 0 fully saturated rings. The van der Waals surface area contributed by atoms with Crippen LogP contribution in [-0.4, -0.2) is 46.8 Å². The number of hydrogen-bond acceptors (Lipinski definition) is 7. The summed E-state index contributed by atoms with van der Waals surface area (Å²) in [5.41, 5.74) is -1.22. The molecule has 2 aromatic rings. The summed E-state index contributed by atoms with van der Waals surface area (Å²) in [5, 5.41) is 12.6. The molecular weight excluding hydrogens is 400 g/mol. The molecular formula is C23H30N2O6. The molecule has 31 heavy (non-hydrogen) atoms. The van der Waals surface area contributed by atoms with Crippen molar-refractivity contribution in [3.63, 3.8) is 0 Å². The number of amides is 1. The first-order chi connectivity index (χ1) is 14.6. The summed E-state index contributed by atoms with van der Waals surface area (Å²) in [4.78, 5) is 29.0. The van der Waals surface area contributed by atoms with Gasteiger partial charge in [0, 0.05) is 12.3 Å². The summed E-state index contributed by atoms with van der Waals surface area (Å²) >= 11 is 0. The van der Waals surface area contributed by atoms with Crippen molar-refractivity contribution >= 4 is 11.9 Å². The maximum Gasteiger partial charge on any atom is 0.329 e. The van der Waals surface area contributed by atoms with Gasteiger partial charge in [0.25, 0.3) is 5.91 Å². The molecule has 0 aliphatic rings. The molecule has 2 rings (SSSR count). The van der Waals surface area contributed by atoms with E-state index < -0.39 is 35.4 Å². The topological polar surface area (TPSA) is 107 Å². The minimum absolute atomic E-state index is 0.0471. The summed E-state index contributed by atoms with van der Waals surface area (Å²) in [5.74, 6) is -0.936. The van der Waals surface area contributed by atoms with Crippen molar-refractivity contribution in [2.24, 2.45) is 5.92 Å². The van der Waals surface area contributed by atoms with Gasteiger partial charge in [-0.3, -0.25) is 4.79 Å². The quantitative estimate of drug-likeness (QED) is 0.588.